The number of nitrogens with one attached hydrogen (secondary N) is 1. The number of nitrogens with two attached hydrogens (primary N) is 1. The van der Waals surface area contributed by atoms with Crippen molar-refractivity contribution in [2.45, 2.75) is 26.4 Å². The average Bonchev–Trinajstić information content (AvgIpc) is 2.47. The number of aromatic nitrogens is 2. The molecule has 0 aliphatic rings. The molecule has 0 unspecified atom stereocenters. The Morgan fingerprint density at radius 1 is 1.67 bits per heavy atom. The second-order valence-electron chi connectivity index (χ2n) is 2.80. The highest BCUT2D eigenvalue weighted by molar-refractivity contribution is 7.05. The van der Waals surface area contributed by atoms with E-state index in [1.165, 1.54) is 16.4 Å². The maximum Gasteiger partial charge on any atom is 0.0769 e. The van der Waals surface area contributed by atoms with Crippen LogP contribution in [0.25, 0.3) is 0 Å². The summed E-state index contributed by atoms with van der Waals surface area (Å²) in [4.78, 5) is 1.19. The van der Waals surface area contributed by atoms with Crippen LogP contribution in [0.3, 0.4) is 0 Å². The van der Waals surface area contributed by atoms with Crippen molar-refractivity contribution >= 4 is 11.5 Å². The number of hydrogen-bond acceptors (Lipinski definition) is 5. The van der Waals surface area contributed by atoms with Gasteiger partial charge in [-0.2, -0.15) is 0 Å². The Morgan fingerprint density at radius 3 is 2.92 bits per heavy atom. The van der Waals surface area contributed by atoms with Crippen molar-refractivity contribution in [2.75, 3.05) is 6.54 Å². The zero-order valence-electron chi connectivity index (χ0n) is 7.37. The van der Waals surface area contributed by atoms with Crippen LogP contribution in [0.15, 0.2) is 0 Å². The topological polar surface area (TPSA) is 63.8 Å². The molecule has 3 N–H and O–H groups in total. The smallest absolute Gasteiger partial charge is 0.0769 e. The molecule has 0 fully saturated rings. The largest absolute Gasteiger partial charge is 0.329 e. The maximum absolute atomic E-state index is 5.46. The third kappa shape index (κ3) is 2.51. The summed E-state index contributed by atoms with van der Waals surface area (Å²) in [5, 5.41) is 7.20. The van der Waals surface area contributed by atoms with Crippen LogP contribution >= 0.6 is 11.5 Å². The van der Waals surface area contributed by atoms with Crippen LogP contribution in [0.1, 0.15) is 17.5 Å². The molecule has 0 aliphatic carbocycles. The summed E-state index contributed by atoms with van der Waals surface area (Å²) in [6.45, 7) is 5.50. The third-order valence-corrected chi connectivity index (χ3v) is 2.53. The summed E-state index contributed by atoms with van der Waals surface area (Å²) < 4.78 is 3.85. The summed E-state index contributed by atoms with van der Waals surface area (Å²) in [6, 6.07) is 0.353. The predicted octanol–water partition coefficient (Wildman–Crippen LogP) is 0.283. The molecule has 5 heteroatoms. The Morgan fingerprint density at radius 2 is 2.42 bits per heavy atom. The normalized spacial score (nSPS) is 13.2. The monoisotopic (exact) mass is 186 g/mol. The van der Waals surface area contributed by atoms with Crippen molar-refractivity contribution in [1.82, 2.24) is 14.9 Å². The number of hydrogen-bond donors (Lipinski definition) is 2. The van der Waals surface area contributed by atoms with Crippen LogP contribution in [-0.4, -0.2) is 22.2 Å². The molecule has 0 spiro atoms. The van der Waals surface area contributed by atoms with Gasteiger partial charge in [-0.25, -0.2) is 0 Å². The van der Waals surface area contributed by atoms with E-state index in [4.69, 9.17) is 5.73 Å². The summed E-state index contributed by atoms with van der Waals surface area (Å²) in [5.41, 5.74) is 6.47. The van der Waals surface area contributed by atoms with Gasteiger partial charge in [0.15, 0.2) is 0 Å². The molecule has 0 aromatic carbocycles. The minimum absolute atomic E-state index is 0.353. The van der Waals surface area contributed by atoms with Gasteiger partial charge in [-0.15, -0.1) is 5.10 Å². The Hall–Kier alpha value is -0.520. The number of aryl methyl sites for hydroxylation is 1. The molecule has 0 saturated heterocycles. The second-order valence-corrected chi connectivity index (χ2v) is 3.64. The van der Waals surface area contributed by atoms with Gasteiger partial charge in [0.25, 0.3) is 0 Å². The van der Waals surface area contributed by atoms with Gasteiger partial charge < -0.3 is 11.1 Å². The molecule has 1 aromatic rings. The van der Waals surface area contributed by atoms with E-state index in [1.807, 2.05) is 6.92 Å². The Bertz CT molecular complexity index is 235. The van der Waals surface area contributed by atoms with Crippen LogP contribution in [0.4, 0.5) is 0 Å². The second kappa shape index (κ2) is 4.49. The lowest BCUT2D eigenvalue weighted by Gasteiger charge is -2.09. The molecule has 0 radical (unpaired) electrons. The first-order valence-corrected chi connectivity index (χ1v) is 4.72. The zero-order chi connectivity index (χ0) is 8.97. The molecule has 12 heavy (non-hydrogen) atoms. The predicted molar refractivity (Wildman–Crippen MR) is 50.0 cm³/mol. The summed E-state index contributed by atoms with van der Waals surface area (Å²) in [5.74, 6) is 0. The Balaban J connectivity index is 2.38. The summed E-state index contributed by atoms with van der Waals surface area (Å²) in [6.07, 6.45) is 0. The van der Waals surface area contributed by atoms with Gasteiger partial charge >= 0.3 is 0 Å². The fourth-order valence-electron chi connectivity index (χ4n) is 0.763. The van der Waals surface area contributed by atoms with E-state index in [0.717, 1.165) is 12.2 Å². The average molecular weight is 186 g/mol. The molecule has 1 heterocycles. The van der Waals surface area contributed by atoms with E-state index in [2.05, 4.69) is 21.8 Å². The van der Waals surface area contributed by atoms with Crippen molar-refractivity contribution in [1.29, 1.82) is 0 Å². The standard InChI is InChI=1S/C7H14N4S/c1-5(3-8)9-4-7-6(2)10-11-12-7/h5,9H,3-4,8H2,1-2H3/t5-/m0/s1. The van der Waals surface area contributed by atoms with Crippen LogP contribution in [0.2, 0.25) is 0 Å². The van der Waals surface area contributed by atoms with E-state index in [0.29, 0.717) is 12.6 Å². The molecule has 0 saturated carbocycles. The van der Waals surface area contributed by atoms with E-state index in [1.54, 1.807) is 0 Å². The summed E-state index contributed by atoms with van der Waals surface area (Å²) >= 11 is 1.44. The van der Waals surface area contributed by atoms with Gasteiger partial charge in [0.2, 0.25) is 0 Å². The zero-order valence-corrected chi connectivity index (χ0v) is 8.19. The Labute approximate surface area is 76.3 Å². The van der Waals surface area contributed by atoms with Gasteiger partial charge in [0, 0.05) is 19.1 Å². The molecular weight excluding hydrogens is 172 g/mol. The quantitative estimate of drug-likeness (QED) is 0.709. The summed E-state index contributed by atoms with van der Waals surface area (Å²) in [7, 11) is 0. The molecule has 0 amide bonds. The molecule has 0 aliphatic heterocycles. The number of nitrogens with zero attached hydrogens (tertiary/aromatic N) is 2. The van der Waals surface area contributed by atoms with Crippen molar-refractivity contribution < 1.29 is 0 Å². The van der Waals surface area contributed by atoms with Crippen molar-refractivity contribution in [3.05, 3.63) is 10.6 Å². The van der Waals surface area contributed by atoms with Gasteiger partial charge in [0.1, 0.15) is 0 Å². The van der Waals surface area contributed by atoms with Crippen molar-refractivity contribution in [3.8, 4) is 0 Å². The SMILES string of the molecule is Cc1nnsc1CN[C@@H](C)CN. The van der Waals surface area contributed by atoms with Gasteiger partial charge in [0.05, 0.1) is 10.6 Å². The van der Waals surface area contributed by atoms with E-state index < -0.39 is 0 Å². The number of rotatable bonds is 4. The van der Waals surface area contributed by atoms with E-state index in [-0.39, 0.29) is 0 Å². The first-order valence-electron chi connectivity index (χ1n) is 3.95. The molecular formula is C7H14N4S. The minimum atomic E-state index is 0.353. The van der Waals surface area contributed by atoms with Gasteiger partial charge in [-0.3, -0.25) is 0 Å². The first kappa shape index (κ1) is 9.57. The lowest BCUT2D eigenvalue weighted by Crippen LogP contribution is -2.32. The van der Waals surface area contributed by atoms with E-state index >= 15 is 0 Å². The molecule has 1 atom stereocenters. The molecule has 1 aromatic heterocycles. The highest BCUT2D eigenvalue weighted by Crippen LogP contribution is 2.07. The minimum Gasteiger partial charge on any atom is -0.329 e. The van der Waals surface area contributed by atoms with Crippen molar-refractivity contribution in [3.63, 3.8) is 0 Å². The third-order valence-electron chi connectivity index (χ3n) is 1.71. The first-order chi connectivity index (χ1) is 5.74. The molecule has 68 valence electrons. The van der Waals surface area contributed by atoms with E-state index in [9.17, 15) is 0 Å². The lowest BCUT2D eigenvalue weighted by atomic mass is 10.3. The molecule has 4 nitrogen and oxygen atoms in total. The van der Waals surface area contributed by atoms with Gasteiger partial charge in [-0.05, 0) is 25.4 Å². The van der Waals surface area contributed by atoms with Crippen molar-refractivity contribution in [2.24, 2.45) is 5.73 Å². The van der Waals surface area contributed by atoms with Crippen LogP contribution in [-0.2, 0) is 6.54 Å². The van der Waals surface area contributed by atoms with Crippen LogP contribution in [0, 0.1) is 6.92 Å². The molecule has 1 rings (SSSR count). The Kier molecular flexibility index (Phi) is 3.58. The molecule has 0 bridgehead atoms. The lowest BCUT2D eigenvalue weighted by molar-refractivity contribution is 0.558. The van der Waals surface area contributed by atoms with Gasteiger partial charge in [-0.1, -0.05) is 4.49 Å². The van der Waals surface area contributed by atoms with Crippen LogP contribution < -0.4 is 11.1 Å². The maximum atomic E-state index is 5.46. The highest BCUT2D eigenvalue weighted by Gasteiger charge is 2.03. The van der Waals surface area contributed by atoms with Crippen LogP contribution in [0.5, 0.6) is 0 Å². The fourth-order valence-corrected chi connectivity index (χ4v) is 1.35. The fraction of sp³-hybridized carbons (Fsp3) is 0.714. The highest BCUT2D eigenvalue weighted by atomic mass is 32.1.